The first kappa shape index (κ1) is 17.8. The zero-order chi connectivity index (χ0) is 19.8. The van der Waals surface area contributed by atoms with Crippen molar-refractivity contribution in [2.24, 2.45) is 0 Å². The molecule has 0 fully saturated rings. The Morgan fingerprint density at radius 2 is 1.90 bits per heavy atom. The minimum absolute atomic E-state index is 0.178. The maximum Gasteiger partial charge on any atom is 0.256 e. The molecular weight excluding hydrogens is 382 g/mol. The van der Waals surface area contributed by atoms with Crippen LogP contribution in [0.1, 0.15) is 27.9 Å². The first-order valence-electron chi connectivity index (χ1n) is 9.61. The van der Waals surface area contributed by atoms with E-state index in [2.05, 4.69) is 22.4 Å². The van der Waals surface area contributed by atoms with Gasteiger partial charge in [-0.05, 0) is 78.9 Å². The smallest absolute Gasteiger partial charge is 0.256 e. The van der Waals surface area contributed by atoms with E-state index in [4.69, 9.17) is 16.6 Å². The Kier molecular flexibility index (Phi) is 4.49. The van der Waals surface area contributed by atoms with Crippen LogP contribution in [0.2, 0.25) is 5.02 Å². The molecule has 142 valence electrons. The predicted octanol–water partition coefficient (Wildman–Crippen LogP) is 5.69. The number of nitrogens with one attached hydrogen (secondary N) is 1. The Bertz CT molecular complexity index is 1240. The minimum Gasteiger partial charge on any atom is -0.322 e. The summed E-state index contributed by atoms with van der Waals surface area (Å²) in [6.07, 6.45) is 6.82. The fourth-order valence-electron chi connectivity index (χ4n) is 3.90. The van der Waals surface area contributed by atoms with E-state index >= 15 is 0 Å². The molecule has 29 heavy (non-hydrogen) atoms. The average molecular weight is 400 g/mol. The monoisotopic (exact) mass is 399 g/mol. The molecule has 0 unspecified atom stereocenters. The Balaban J connectivity index is 1.58. The number of benzene rings is 2. The van der Waals surface area contributed by atoms with Crippen molar-refractivity contribution >= 4 is 34.1 Å². The van der Waals surface area contributed by atoms with Crippen LogP contribution in [0.25, 0.3) is 22.2 Å². The average Bonchev–Trinajstić information content (AvgIpc) is 3.21. The van der Waals surface area contributed by atoms with Crippen molar-refractivity contribution in [3.05, 3.63) is 88.7 Å². The molecule has 5 rings (SSSR count). The molecule has 2 aromatic heterocycles. The lowest BCUT2D eigenvalue weighted by Gasteiger charge is -2.12. The number of amides is 1. The van der Waals surface area contributed by atoms with Crippen LogP contribution >= 0.6 is 11.6 Å². The van der Waals surface area contributed by atoms with Crippen LogP contribution in [0, 0.1) is 0 Å². The molecule has 0 spiro atoms. The van der Waals surface area contributed by atoms with Crippen LogP contribution in [0.5, 0.6) is 0 Å². The molecule has 1 aliphatic carbocycles. The largest absolute Gasteiger partial charge is 0.322 e. The second-order valence-electron chi connectivity index (χ2n) is 7.25. The third-order valence-electron chi connectivity index (χ3n) is 5.33. The molecule has 1 aliphatic rings. The number of nitrogens with zero attached hydrogens (tertiary/aromatic N) is 2. The van der Waals surface area contributed by atoms with Crippen molar-refractivity contribution in [1.82, 2.24) is 9.97 Å². The van der Waals surface area contributed by atoms with E-state index in [1.165, 1.54) is 17.5 Å². The summed E-state index contributed by atoms with van der Waals surface area (Å²) < 4.78 is 0. The lowest BCUT2D eigenvalue weighted by Crippen LogP contribution is -2.13. The van der Waals surface area contributed by atoms with Gasteiger partial charge in [0.2, 0.25) is 0 Å². The van der Waals surface area contributed by atoms with E-state index in [0.29, 0.717) is 16.3 Å². The van der Waals surface area contributed by atoms with E-state index < -0.39 is 0 Å². The highest BCUT2D eigenvalue weighted by atomic mass is 35.5. The van der Waals surface area contributed by atoms with Crippen LogP contribution in [0.15, 0.2) is 67.0 Å². The summed E-state index contributed by atoms with van der Waals surface area (Å²) in [5, 5.41) is 4.35. The van der Waals surface area contributed by atoms with Crippen LogP contribution in [0.4, 0.5) is 5.69 Å². The zero-order valence-electron chi connectivity index (χ0n) is 15.7. The normalized spacial score (nSPS) is 12.7. The number of aromatic nitrogens is 2. The molecule has 0 saturated carbocycles. The van der Waals surface area contributed by atoms with Gasteiger partial charge in [-0.2, -0.15) is 0 Å². The number of aryl methyl sites for hydroxylation is 2. The fourth-order valence-corrected chi connectivity index (χ4v) is 4.07. The number of rotatable bonds is 3. The number of hydrogen-bond donors (Lipinski definition) is 1. The molecular formula is C24H18ClN3O. The molecule has 0 bridgehead atoms. The molecule has 1 N–H and O–H groups in total. The van der Waals surface area contributed by atoms with Gasteiger partial charge in [-0.3, -0.25) is 9.78 Å². The maximum absolute atomic E-state index is 13.2. The molecule has 0 saturated heterocycles. The van der Waals surface area contributed by atoms with Gasteiger partial charge < -0.3 is 5.32 Å². The summed E-state index contributed by atoms with van der Waals surface area (Å²) in [5.41, 5.74) is 6.32. The highest BCUT2D eigenvalue weighted by molar-refractivity contribution is 6.31. The molecule has 2 aromatic carbocycles. The van der Waals surface area contributed by atoms with Gasteiger partial charge in [0.15, 0.2) is 0 Å². The van der Waals surface area contributed by atoms with Crippen molar-refractivity contribution in [2.45, 2.75) is 19.3 Å². The van der Waals surface area contributed by atoms with Gasteiger partial charge in [0.1, 0.15) is 0 Å². The summed E-state index contributed by atoms with van der Waals surface area (Å²) in [4.78, 5) is 22.1. The quantitative estimate of drug-likeness (QED) is 0.481. The lowest BCUT2D eigenvalue weighted by atomic mass is 10.0. The standard InChI is InChI=1S/C24H18ClN3O/c25-18-7-9-22-20(12-18)21(13-23(28-22)17-5-2-10-26-14-17)24(29)27-19-8-6-15-3-1-4-16(15)11-19/h2,5-14H,1,3-4H2,(H,27,29). The van der Waals surface area contributed by atoms with Gasteiger partial charge in [0.05, 0.1) is 16.8 Å². The zero-order valence-corrected chi connectivity index (χ0v) is 16.4. The summed E-state index contributed by atoms with van der Waals surface area (Å²) in [7, 11) is 0. The molecule has 2 heterocycles. The summed E-state index contributed by atoms with van der Waals surface area (Å²) in [6, 6.07) is 17.2. The van der Waals surface area contributed by atoms with Gasteiger partial charge in [-0.15, -0.1) is 0 Å². The Morgan fingerprint density at radius 3 is 2.76 bits per heavy atom. The molecule has 1 amide bonds. The summed E-state index contributed by atoms with van der Waals surface area (Å²) in [5.74, 6) is -0.178. The summed E-state index contributed by atoms with van der Waals surface area (Å²) >= 11 is 6.21. The molecule has 0 aliphatic heterocycles. The number of carbonyl (C=O) groups is 1. The van der Waals surface area contributed by atoms with E-state index in [1.54, 1.807) is 30.6 Å². The van der Waals surface area contributed by atoms with Gasteiger partial charge in [0, 0.05) is 34.1 Å². The Morgan fingerprint density at radius 1 is 1.00 bits per heavy atom. The molecule has 4 nitrogen and oxygen atoms in total. The first-order chi connectivity index (χ1) is 14.2. The van der Waals surface area contributed by atoms with E-state index in [0.717, 1.165) is 35.0 Å². The number of pyridine rings is 2. The molecule has 4 aromatic rings. The third-order valence-corrected chi connectivity index (χ3v) is 5.56. The van der Waals surface area contributed by atoms with Gasteiger partial charge in [0.25, 0.3) is 5.91 Å². The molecule has 0 atom stereocenters. The van der Waals surface area contributed by atoms with Crippen molar-refractivity contribution in [3.8, 4) is 11.3 Å². The number of hydrogen-bond acceptors (Lipinski definition) is 3. The van der Waals surface area contributed by atoms with E-state index in [9.17, 15) is 4.79 Å². The van der Waals surface area contributed by atoms with Crippen LogP contribution in [-0.4, -0.2) is 15.9 Å². The topological polar surface area (TPSA) is 54.9 Å². The second-order valence-corrected chi connectivity index (χ2v) is 7.69. The lowest BCUT2D eigenvalue weighted by molar-refractivity contribution is 0.102. The van der Waals surface area contributed by atoms with Crippen LogP contribution in [0.3, 0.4) is 0 Å². The van der Waals surface area contributed by atoms with E-state index in [-0.39, 0.29) is 5.91 Å². The SMILES string of the molecule is O=C(Nc1ccc2c(c1)CCC2)c1cc(-c2cccnc2)nc2ccc(Cl)cc12. The maximum atomic E-state index is 13.2. The molecule has 0 radical (unpaired) electrons. The Hall–Kier alpha value is -3.24. The van der Waals surface area contributed by atoms with E-state index in [1.807, 2.05) is 24.3 Å². The van der Waals surface area contributed by atoms with Gasteiger partial charge in [-0.25, -0.2) is 4.98 Å². The van der Waals surface area contributed by atoms with Crippen LogP contribution in [-0.2, 0) is 12.8 Å². The van der Waals surface area contributed by atoms with Crippen molar-refractivity contribution in [2.75, 3.05) is 5.32 Å². The highest BCUT2D eigenvalue weighted by Crippen LogP contribution is 2.29. The number of carbonyl (C=O) groups excluding carboxylic acids is 1. The second kappa shape index (κ2) is 7.30. The third kappa shape index (κ3) is 3.47. The molecule has 5 heteroatoms. The van der Waals surface area contributed by atoms with Gasteiger partial charge in [-0.1, -0.05) is 17.7 Å². The minimum atomic E-state index is -0.178. The summed E-state index contributed by atoms with van der Waals surface area (Å²) in [6.45, 7) is 0. The number of anilines is 1. The highest BCUT2D eigenvalue weighted by Gasteiger charge is 2.16. The van der Waals surface area contributed by atoms with Crippen molar-refractivity contribution in [1.29, 1.82) is 0 Å². The van der Waals surface area contributed by atoms with Gasteiger partial charge >= 0.3 is 0 Å². The Labute approximate surface area is 173 Å². The predicted molar refractivity (Wildman–Crippen MR) is 116 cm³/mol. The number of halogens is 1. The fraction of sp³-hybridized carbons (Fsp3) is 0.125. The number of fused-ring (bicyclic) bond motifs is 2. The van der Waals surface area contributed by atoms with Crippen molar-refractivity contribution in [3.63, 3.8) is 0 Å². The van der Waals surface area contributed by atoms with Crippen molar-refractivity contribution < 1.29 is 4.79 Å². The first-order valence-corrected chi connectivity index (χ1v) is 9.99. The van der Waals surface area contributed by atoms with Crippen LogP contribution < -0.4 is 5.32 Å².